The molecule has 0 bridgehead atoms. The van der Waals surface area contributed by atoms with Crippen LogP contribution in [-0.4, -0.2) is 24.9 Å². The second-order valence-electron chi connectivity index (χ2n) is 6.77. The van der Waals surface area contributed by atoms with Crippen molar-refractivity contribution in [3.63, 3.8) is 0 Å². The molecule has 1 unspecified atom stereocenters. The number of hydrogen-bond acceptors (Lipinski definition) is 5. The molecule has 0 fully saturated rings. The molecule has 1 aliphatic rings. The highest BCUT2D eigenvalue weighted by Crippen LogP contribution is 2.39. The van der Waals surface area contributed by atoms with Gasteiger partial charge in [-0.15, -0.1) is 0 Å². The van der Waals surface area contributed by atoms with Gasteiger partial charge in [0.15, 0.2) is 5.65 Å². The van der Waals surface area contributed by atoms with Gasteiger partial charge in [0.2, 0.25) is 0 Å². The van der Waals surface area contributed by atoms with Crippen molar-refractivity contribution in [2.45, 2.75) is 18.9 Å². The number of halogens is 1. The molecule has 3 N–H and O–H groups in total. The monoisotopic (exact) mass is 421 g/mol. The van der Waals surface area contributed by atoms with E-state index in [-0.39, 0.29) is 11.8 Å². The SMILES string of the molecule is Nc1cccc2c1CC(n1nc3ncncc3c1-c1ccc(Br)c(O)c1)C2. The molecule has 5 rings (SSSR count). The van der Waals surface area contributed by atoms with Crippen LogP contribution >= 0.6 is 15.9 Å². The van der Waals surface area contributed by atoms with Crippen LogP contribution in [0.3, 0.4) is 0 Å². The second kappa shape index (κ2) is 6.06. The molecule has 134 valence electrons. The van der Waals surface area contributed by atoms with E-state index in [9.17, 15) is 5.11 Å². The van der Waals surface area contributed by atoms with Crippen LogP contribution in [0.25, 0.3) is 22.3 Å². The summed E-state index contributed by atoms with van der Waals surface area (Å²) >= 11 is 3.34. The summed E-state index contributed by atoms with van der Waals surface area (Å²) in [7, 11) is 0. The zero-order valence-electron chi connectivity index (χ0n) is 14.3. The lowest BCUT2D eigenvalue weighted by Crippen LogP contribution is -2.12. The molecule has 2 aromatic carbocycles. The van der Waals surface area contributed by atoms with Gasteiger partial charge in [0, 0.05) is 17.4 Å². The lowest BCUT2D eigenvalue weighted by Gasteiger charge is -2.15. The number of aromatic nitrogens is 4. The number of nitrogens with zero attached hydrogens (tertiary/aromatic N) is 4. The van der Waals surface area contributed by atoms with Crippen molar-refractivity contribution in [2.75, 3.05) is 5.73 Å². The topological polar surface area (TPSA) is 89.9 Å². The quantitative estimate of drug-likeness (QED) is 0.479. The van der Waals surface area contributed by atoms with Crippen molar-refractivity contribution in [3.8, 4) is 17.0 Å². The average molecular weight is 422 g/mol. The minimum absolute atomic E-state index is 0.139. The van der Waals surface area contributed by atoms with E-state index in [0.29, 0.717) is 10.1 Å². The Morgan fingerprint density at radius 2 is 2.07 bits per heavy atom. The largest absolute Gasteiger partial charge is 0.507 e. The highest BCUT2D eigenvalue weighted by molar-refractivity contribution is 9.10. The van der Waals surface area contributed by atoms with Crippen LogP contribution in [0.4, 0.5) is 5.69 Å². The van der Waals surface area contributed by atoms with Crippen LogP contribution in [0.1, 0.15) is 17.2 Å². The van der Waals surface area contributed by atoms with Gasteiger partial charge in [0.05, 0.1) is 21.6 Å². The highest BCUT2D eigenvalue weighted by Gasteiger charge is 2.28. The number of aromatic hydroxyl groups is 1. The molecule has 7 heteroatoms. The Kier molecular flexibility index (Phi) is 3.65. The van der Waals surface area contributed by atoms with Crippen molar-refractivity contribution < 1.29 is 5.11 Å². The lowest BCUT2D eigenvalue weighted by molar-refractivity contribution is 0.471. The summed E-state index contributed by atoms with van der Waals surface area (Å²) in [6.45, 7) is 0. The number of phenolic OH excluding ortho intramolecular Hbond substituents is 1. The number of phenols is 1. The predicted octanol–water partition coefficient (Wildman–Crippen LogP) is 3.88. The summed E-state index contributed by atoms with van der Waals surface area (Å²) in [5.74, 6) is 0.184. The van der Waals surface area contributed by atoms with Gasteiger partial charge in [0.25, 0.3) is 0 Å². The van der Waals surface area contributed by atoms with Crippen molar-refractivity contribution >= 4 is 32.7 Å². The van der Waals surface area contributed by atoms with Crippen LogP contribution in [0, 0.1) is 0 Å². The molecule has 27 heavy (non-hydrogen) atoms. The average Bonchev–Trinajstić information content (AvgIpc) is 3.26. The first-order valence-corrected chi connectivity index (χ1v) is 9.44. The number of hydrogen-bond donors (Lipinski definition) is 2. The summed E-state index contributed by atoms with van der Waals surface area (Å²) in [4.78, 5) is 8.50. The first-order valence-electron chi connectivity index (χ1n) is 8.65. The molecule has 0 saturated heterocycles. The fourth-order valence-corrected chi connectivity index (χ4v) is 4.13. The molecule has 6 nitrogen and oxygen atoms in total. The summed E-state index contributed by atoms with van der Waals surface area (Å²) in [6, 6.07) is 11.7. The van der Waals surface area contributed by atoms with Gasteiger partial charge >= 0.3 is 0 Å². The number of fused-ring (bicyclic) bond motifs is 2. The van der Waals surface area contributed by atoms with E-state index in [0.717, 1.165) is 35.2 Å². The fraction of sp³-hybridized carbons (Fsp3) is 0.150. The van der Waals surface area contributed by atoms with Gasteiger partial charge in [-0.1, -0.05) is 18.2 Å². The van der Waals surface area contributed by atoms with Gasteiger partial charge in [0.1, 0.15) is 12.1 Å². The first-order chi connectivity index (χ1) is 13.1. The van der Waals surface area contributed by atoms with E-state index in [2.05, 4.69) is 32.0 Å². The molecule has 4 aromatic rings. The molecule has 0 radical (unpaired) electrons. The maximum atomic E-state index is 10.2. The predicted molar refractivity (Wildman–Crippen MR) is 107 cm³/mol. The number of nitrogen functional groups attached to an aromatic ring is 1. The maximum absolute atomic E-state index is 10.2. The minimum atomic E-state index is 0.139. The fourth-order valence-electron chi connectivity index (χ4n) is 3.89. The van der Waals surface area contributed by atoms with E-state index in [1.54, 1.807) is 12.3 Å². The highest BCUT2D eigenvalue weighted by atomic mass is 79.9. The molecule has 1 atom stereocenters. The second-order valence-corrected chi connectivity index (χ2v) is 7.62. The normalized spacial score (nSPS) is 16.0. The van der Waals surface area contributed by atoms with Crippen LogP contribution in [-0.2, 0) is 12.8 Å². The number of benzene rings is 2. The molecule has 2 aromatic heterocycles. The molecule has 0 amide bonds. The molecular weight excluding hydrogens is 406 g/mol. The molecule has 0 spiro atoms. The Morgan fingerprint density at radius 3 is 2.89 bits per heavy atom. The van der Waals surface area contributed by atoms with Crippen molar-refractivity contribution in [1.29, 1.82) is 0 Å². The third-order valence-electron chi connectivity index (χ3n) is 5.15. The van der Waals surface area contributed by atoms with Crippen LogP contribution in [0.5, 0.6) is 5.75 Å². The van der Waals surface area contributed by atoms with Crippen molar-refractivity contribution in [1.82, 2.24) is 19.7 Å². The molecule has 1 aliphatic carbocycles. The zero-order valence-corrected chi connectivity index (χ0v) is 15.9. The Labute approximate surface area is 163 Å². The van der Waals surface area contributed by atoms with Crippen molar-refractivity contribution in [3.05, 3.63) is 64.5 Å². The van der Waals surface area contributed by atoms with Gasteiger partial charge < -0.3 is 10.8 Å². The molecule has 0 saturated carbocycles. The van der Waals surface area contributed by atoms with Gasteiger partial charge in [-0.25, -0.2) is 9.97 Å². The van der Waals surface area contributed by atoms with E-state index >= 15 is 0 Å². The smallest absolute Gasteiger partial charge is 0.184 e. The third kappa shape index (κ3) is 2.57. The Balaban J connectivity index is 1.69. The van der Waals surface area contributed by atoms with E-state index in [4.69, 9.17) is 10.8 Å². The first kappa shape index (κ1) is 16.3. The van der Waals surface area contributed by atoms with Gasteiger partial charge in [-0.3, -0.25) is 4.68 Å². The lowest BCUT2D eigenvalue weighted by atomic mass is 10.1. The summed E-state index contributed by atoms with van der Waals surface area (Å²) in [5.41, 5.74) is 11.9. The summed E-state index contributed by atoms with van der Waals surface area (Å²) < 4.78 is 2.67. The number of rotatable bonds is 2. The zero-order chi connectivity index (χ0) is 18.5. The van der Waals surface area contributed by atoms with Crippen LogP contribution in [0.2, 0.25) is 0 Å². The van der Waals surface area contributed by atoms with E-state index < -0.39 is 0 Å². The van der Waals surface area contributed by atoms with E-state index in [1.807, 2.05) is 28.9 Å². The van der Waals surface area contributed by atoms with Crippen LogP contribution < -0.4 is 5.73 Å². The third-order valence-corrected chi connectivity index (χ3v) is 5.82. The number of nitrogens with two attached hydrogens (primary N) is 1. The Morgan fingerprint density at radius 1 is 1.19 bits per heavy atom. The molecular formula is C20H16BrN5O. The minimum Gasteiger partial charge on any atom is -0.507 e. The maximum Gasteiger partial charge on any atom is 0.184 e. The Hall–Kier alpha value is -2.93. The van der Waals surface area contributed by atoms with Crippen LogP contribution in [0.15, 0.2) is 53.4 Å². The van der Waals surface area contributed by atoms with Gasteiger partial charge in [-0.05, 0) is 58.1 Å². The molecule has 0 aliphatic heterocycles. The number of anilines is 1. The van der Waals surface area contributed by atoms with Crippen molar-refractivity contribution in [2.24, 2.45) is 0 Å². The summed E-state index contributed by atoms with van der Waals surface area (Å²) in [6.07, 6.45) is 4.96. The standard InChI is InChI=1S/C20H16BrN5O/c21-16-5-4-12(7-18(16)27)19-15-9-23-10-24-20(15)25-26(19)13-6-11-2-1-3-17(22)14(11)8-13/h1-5,7,9-10,13,27H,6,8,22H2. The Bertz CT molecular complexity index is 1190. The van der Waals surface area contributed by atoms with E-state index in [1.165, 1.54) is 17.5 Å². The molecule has 2 heterocycles. The van der Waals surface area contributed by atoms with Gasteiger partial charge in [-0.2, -0.15) is 5.10 Å². The summed E-state index contributed by atoms with van der Waals surface area (Å²) in [5, 5.41) is 15.8.